The quantitative estimate of drug-likeness (QED) is 0.601. The van der Waals surface area contributed by atoms with Crippen molar-refractivity contribution in [3.8, 4) is 0 Å². The molecule has 0 aromatic heterocycles. The molecule has 8 heteroatoms. The molecule has 0 N–H and O–H groups in total. The molecule has 0 amide bonds. The van der Waals surface area contributed by atoms with Gasteiger partial charge in [-0.15, -0.1) is 0 Å². The van der Waals surface area contributed by atoms with E-state index in [1.807, 2.05) is 0 Å². The van der Waals surface area contributed by atoms with Crippen LogP contribution in [0.15, 0.2) is 57.8 Å². The maximum Gasteiger partial charge on any atom is 0.338 e. The zero-order valence-electron chi connectivity index (χ0n) is 13.6. The predicted molar refractivity (Wildman–Crippen MR) is 92.1 cm³/mol. The number of ketones is 2. The number of rotatable bonds is 4. The van der Waals surface area contributed by atoms with Crippen molar-refractivity contribution < 1.29 is 27.5 Å². The fourth-order valence-electron chi connectivity index (χ4n) is 2.47. The lowest BCUT2D eigenvalue weighted by Crippen LogP contribution is -2.30. The van der Waals surface area contributed by atoms with Gasteiger partial charge in [0.15, 0.2) is 5.71 Å². The van der Waals surface area contributed by atoms with E-state index in [1.165, 1.54) is 48.5 Å². The number of esters is 1. The summed E-state index contributed by atoms with van der Waals surface area (Å²) >= 11 is 0. The van der Waals surface area contributed by atoms with Gasteiger partial charge >= 0.3 is 5.97 Å². The summed E-state index contributed by atoms with van der Waals surface area (Å²) < 4.78 is 32.7. The van der Waals surface area contributed by atoms with E-state index in [4.69, 9.17) is 4.74 Å². The normalized spacial score (nSPS) is 15.0. The molecule has 0 aliphatic carbocycles. The first-order chi connectivity index (χ1) is 12.3. The first-order valence-corrected chi connectivity index (χ1v) is 9.09. The Kier molecular flexibility index (Phi) is 4.52. The molecule has 0 radical (unpaired) electrons. The molecule has 0 saturated carbocycles. The number of carbonyl (C=O) groups excluding carboxylic acids is 3. The predicted octanol–water partition coefficient (Wildman–Crippen LogP) is 2.07. The maximum atomic E-state index is 12.6. The molecule has 26 heavy (non-hydrogen) atoms. The third kappa shape index (κ3) is 3.06. The maximum absolute atomic E-state index is 12.6. The highest BCUT2D eigenvalue weighted by molar-refractivity contribution is 7.90. The summed E-state index contributed by atoms with van der Waals surface area (Å²) in [5.41, 5.74) is -0.486. The Hall–Kier alpha value is -3.13. The van der Waals surface area contributed by atoms with Crippen LogP contribution in [0, 0.1) is 0 Å². The molecular formula is C18H13NO6S. The zero-order valence-corrected chi connectivity index (χ0v) is 14.4. The largest absolute Gasteiger partial charge is 0.462 e. The van der Waals surface area contributed by atoms with E-state index >= 15 is 0 Å². The average molecular weight is 371 g/mol. The summed E-state index contributed by atoms with van der Waals surface area (Å²) in [5.74, 6) is -2.13. The van der Waals surface area contributed by atoms with Gasteiger partial charge in [-0.2, -0.15) is 12.8 Å². The van der Waals surface area contributed by atoms with E-state index in [1.54, 1.807) is 6.92 Å². The van der Waals surface area contributed by atoms with Crippen molar-refractivity contribution in [2.45, 2.75) is 11.8 Å². The monoisotopic (exact) mass is 371 g/mol. The topological polar surface area (TPSA) is 107 Å². The molecule has 0 fully saturated rings. The van der Waals surface area contributed by atoms with E-state index in [-0.39, 0.29) is 28.2 Å². The van der Waals surface area contributed by atoms with Crippen LogP contribution in [0.4, 0.5) is 0 Å². The number of nitrogens with zero attached hydrogens (tertiary/aromatic N) is 1. The lowest BCUT2D eigenvalue weighted by molar-refractivity contribution is 0.0526. The molecule has 0 spiro atoms. The third-order valence-electron chi connectivity index (χ3n) is 3.71. The molecule has 1 aliphatic rings. The number of hydrogen-bond acceptors (Lipinski definition) is 6. The van der Waals surface area contributed by atoms with Crippen LogP contribution < -0.4 is 0 Å². The van der Waals surface area contributed by atoms with E-state index in [0.717, 1.165) is 0 Å². The summed E-state index contributed by atoms with van der Waals surface area (Å²) in [4.78, 5) is 36.5. The SMILES string of the molecule is CCOC(=O)c1ccc(C(=O)C2=NS(=O)(=O)c3ccccc3C2=O)cc1. The molecule has 132 valence electrons. The van der Waals surface area contributed by atoms with E-state index in [0.29, 0.717) is 0 Å². The summed E-state index contributed by atoms with van der Waals surface area (Å²) in [6, 6.07) is 10.9. The fraction of sp³-hybridized carbons (Fsp3) is 0.111. The molecule has 1 aliphatic heterocycles. The lowest BCUT2D eigenvalue weighted by Gasteiger charge is -2.14. The van der Waals surface area contributed by atoms with Gasteiger partial charge in [0, 0.05) is 11.1 Å². The Morgan fingerprint density at radius 2 is 1.62 bits per heavy atom. The van der Waals surface area contributed by atoms with Gasteiger partial charge in [-0.05, 0) is 31.2 Å². The van der Waals surface area contributed by atoms with Crippen molar-refractivity contribution in [2.75, 3.05) is 6.61 Å². The summed E-state index contributed by atoms with van der Waals surface area (Å²) in [6.45, 7) is 1.88. The number of Topliss-reactive ketones (excluding diaryl/α,β-unsaturated/α-hetero) is 2. The van der Waals surface area contributed by atoms with Gasteiger partial charge in [0.1, 0.15) is 4.90 Å². The number of fused-ring (bicyclic) bond motifs is 1. The number of benzene rings is 2. The lowest BCUT2D eigenvalue weighted by atomic mass is 9.98. The average Bonchev–Trinajstić information content (AvgIpc) is 2.64. The zero-order chi connectivity index (χ0) is 18.9. The number of carbonyl (C=O) groups is 3. The molecule has 2 aromatic rings. The van der Waals surface area contributed by atoms with Crippen molar-refractivity contribution in [3.63, 3.8) is 0 Å². The van der Waals surface area contributed by atoms with Crippen LogP contribution >= 0.6 is 0 Å². The van der Waals surface area contributed by atoms with E-state index < -0.39 is 33.3 Å². The minimum absolute atomic E-state index is 0.0414. The molecular weight excluding hydrogens is 358 g/mol. The van der Waals surface area contributed by atoms with Gasteiger partial charge in [0.25, 0.3) is 10.0 Å². The molecule has 0 unspecified atom stereocenters. The molecule has 1 heterocycles. The van der Waals surface area contributed by atoms with Gasteiger partial charge < -0.3 is 4.74 Å². The van der Waals surface area contributed by atoms with Gasteiger partial charge in [-0.1, -0.05) is 24.3 Å². The van der Waals surface area contributed by atoms with Crippen molar-refractivity contribution in [1.82, 2.24) is 0 Å². The van der Waals surface area contributed by atoms with Crippen LogP contribution in [0.3, 0.4) is 0 Å². The molecule has 2 aromatic carbocycles. The van der Waals surface area contributed by atoms with Crippen LogP contribution in [0.25, 0.3) is 0 Å². The van der Waals surface area contributed by atoms with Crippen molar-refractivity contribution in [3.05, 3.63) is 65.2 Å². The molecule has 0 atom stereocenters. The van der Waals surface area contributed by atoms with Gasteiger partial charge in [0.2, 0.25) is 11.6 Å². The Morgan fingerprint density at radius 1 is 1.00 bits per heavy atom. The van der Waals surface area contributed by atoms with Crippen LogP contribution in [-0.2, 0) is 14.8 Å². The number of ether oxygens (including phenoxy) is 1. The Balaban J connectivity index is 1.97. The van der Waals surface area contributed by atoms with E-state index in [9.17, 15) is 22.8 Å². The van der Waals surface area contributed by atoms with Crippen LogP contribution in [0.5, 0.6) is 0 Å². The minimum atomic E-state index is -4.13. The minimum Gasteiger partial charge on any atom is -0.462 e. The standard InChI is InChI=1S/C18H13NO6S/c1-2-25-18(22)12-9-7-11(8-10-12)16(20)15-17(21)13-5-3-4-6-14(13)26(23,24)19-15/h3-10H,2H2,1H3. The Morgan fingerprint density at radius 3 is 2.27 bits per heavy atom. The molecule has 3 rings (SSSR count). The summed E-state index contributed by atoms with van der Waals surface area (Å²) in [7, 11) is -4.13. The number of hydrogen-bond donors (Lipinski definition) is 0. The van der Waals surface area contributed by atoms with Crippen LogP contribution in [0.1, 0.15) is 38.0 Å². The second kappa shape index (κ2) is 6.64. The van der Waals surface area contributed by atoms with Gasteiger partial charge in [-0.3, -0.25) is 9.59 Å². The summed E-state index contributed by atoms with van der Waals surface area (Å²) in [5, 5.41) is 0. The van der Waals surface area contributed by atoms with Crippen LogP contribution in [0.2, 0.25) is 0 Å². The van der Waals surface area contributed by atoms with Gasteiger partial charge in [0.05, 0.1) is 12.2 Å². The highest BCUT2D eigenvalue weighted by Gasteiger charge is 2.35. The smallest absolute Gasteiger partial charge is 0.338 e. The van der Waals surface area contributed by atoms with Crippen LogP contribution in [-0.4, -0.2) is 38.3 Å². The number of sulfonamides is 1. The Bertz CT molecular complexity index is 1050. The highest BCUT2D eigenvalue weighted by atomic mass is 32.2. The second-order valence-corrected chi connectivity index (χ2v) is 6.94. The molecule has 0 saturated heterocycles. The first kappa shape index (κ1) is 17.7. The summed E-state index contributed by atoms with van der Waals surface area (Å²) in [6.07, 6.45) is 0. The second-order valence-electron chi connectivity index (χ2n) is 5.37. The molecule has 0 bridgehead atoms. The highest BCUT2D eigenvalue weighted by Crippen LogP contribution is 2.25. The third-order valence-corrected chi connectivity index (χ3v) is 5.04. The van der Waals surface area contributed by atoms with E-state index in [2.05, 4.69) is 4.40 Å². The van der Waals surface area contributed by atoms with Crippen molar-refractivity contribution in [1.29, 1.82) is 0 Å². The fourth-order valence-corrected chi connectivity index (χ4v) is 3.66. The van der Waals surface area contributed by atoms with Crippen molar-refractivity contribution in [2.24, 2.45) is 4.40 Å². The Labute approximate surface area is 149 Å². The molecule has 7 nitrogen and oxygen atoms in total. The van der Waals surface area contributed by atoms with Crippen molar-refractivity contribution >= 4 is 33.3 Å². The van der Waals surface area contributed by atoms with Gasteiger partial charge in [-0.25, -0.2) is 4.79 Å². The first-order valence-electron chi connectivity index (χ1n) is 7.65.